The Morgan fingerprint density at radius 2 is 2.00 bits per heavy atom. The highest BCUT2D eigenvalue weighted by molar-refractivity contribution is 5.94. The quantitative estimate of drug-likeness (QED) is 0.618. The van der Waals surface area contributed by atoms with Crippen molar-refractivity contribution in [3.05, 3.63) is 51.9 Å². The molecule has 0 atom stereocenters. The second-order valence-corrected chi connectivity index (χ2v) is 8.50. The maximum absolute atomic E-state index is 12.9. The SMILES string of the molecule is Cn1c(=O)nc(N2CCOCc3c(N4CCCC4)cccc32)c2cc(C#N)c(OCCO)cc21. The minimum Gasteiger partial charge on any atom is -0.490 e. The molecule has 2 aliphatic rings. The van der Waals surface area contributed by atoms with Gasteiger partial charge in [0.25, 0.3) is 0 Å². The van der Waals surface area contributed by atoms with E-state index in [0.29, 0.717) is 47.8 Å². The maximum Gasteiger partial charge on any atom is 0.349 e. The average Bonchev–Trinajstić information content (AvgIpc) is 3.31. The number of hydrogen-bond donors (Lipinski definition) is 1. The van der Waals surface area contributed by atoms with Gasteiger partial charge in [-0.05, 0) is 31.0 Å². The molecular formula is C25H27N5O4. The van der Waals surface area contributed by atoms with Crippen molar-refractivity contribution in [1.29, 1.82) is 5.26 Å². The molecule has 1 fully saturated rings. The first-order valence-electron chi connectivity index (χ1n) is 11.5. The van der Waals surface area contributed by atoms with E-state index < -0.39 is 5.69 Å². The number of aliphatic hydroxyl groups excluding tert-OH is 1. The van der Waals surface area contributed by atoms with Gasteiger partial charge in [0.05, 0.1) is 36.6 Å². The molecule has 2 aliphatic heterocycles. The Balaban J connectivity index is 1.71. The molecule has 0 amide bonds. The summed E-state index contributed by atoms with van der Waals surface area (Å²) in [6.07, 6.45) is 2.35. The Kier molecular flexibility index (Phi) is 6.09. The predicted molar refractivity (Wildman–Crippen MR) is 129 cm³/mol. The van der Waals surface area contributed by atoms with Crippen molar-refractivity contribution in [2.24, 2.45) is 7.05 Å². The Bertz CT molecular complexity index is 1320. The van der Waals surface area contributed by atoms with E-state index in [2.05, 4.69) is 22.0 Å². The lowest BCUT2D eigenvalue weighted by atomic mass is 10.1. The third-order valence-electron chi connectivity index (χ3n) is 6.48. The normalized spacial score (nSPS) is 15.8. The molecule has 1 aromatic heterocycles. The number of fused-ring (bicyclic) bond motifs is 2. The molecule has 176 valence electrons. The van der Waals surface area contributed by atoms with Crippen molar-refractivity contribution in [2.45, 2.75) is 19.4 Å². The van der Waals surface area contributed by atoms with Gasteiger partial charge in [-0.3, -0.25) is 4.57 Å². The lowest BCUT2D eigenvalue weighted by Gasteiger charge is -2.28. The highest BCUT2D eigenvalue weighted by Gasteiger charge is 2.26. The molecule has 5 rings (SSSR count). The first-order valence-corrected chi connectivity index (χ1v) is 11.5. The summed E-state index contributed by atoms with van der Waals surface area (Å²) in [5.41, 5.74) is 3.73. The molecule has 2 aromatic carbocycles. The number of nitrogens with zero attached hydrogens (tertiary/aromatic N) is 5. The summed E-state index contributed by atoms with van der Waals surface area (Å²) in [6.45, 7) is 3.42. The molecule has 0 unspecified atom stereocenters. The number of nitriles is 1. The minimum absolute atomic E-state index is 0.0577. The van der Waals surface area contributed by atoms with Crippen LogP contribution in [0, 0.1) is 11.3 Å². The third kappa shape index (κ3) is 3.85. The van der Waals surface area contributed by atoms with Crippen LogP contribution < -0.4 is 20.2 Å². The summed E-state index contributed by atoms with van der Waals surface area (Å²) in [6, 6.07) is 11.8. The number of hydrogen-bond acceptors (Lipinski definition) is 8. The Labute approximate surface area is 197 Å². The second-order valence-electron chi connectivity index (χ2n) is 8.50. The van der Waals surface area contributed by atoms with E-state index in [4.69, 9.17) is 14.6 Å². The van der Waals surface area contributed by atoms with E-state index >= 15 is 0 Å². The van der Waals surface area contributed by atoms with Gasteiger partial charge < -0.3 is 24.4 Å². The average molecular weight is 462 g/mol. The molecule has 1 N–H and O–H groups in total. The van der Waals surface area contributed by atoms with E-state index in [1.165, 1.54) is 17.4 Å². The summed E-state index contributed by atoms with van der Waals surface area (Å²) in [5, 5.41) is 19.6. The van der Waals surface area contributed by atoms with Crippen LogP contribution in [0.15, 0.2) is 35.1 Å². The van der Waals surface area contributed by atoms with E-state index in [1.807, 2.05) is 17.0 Å². The van der Waals surface area contributed by atoms with Crippen LogP contribution in [0.25, 0.3) is 10.9 Å². The molecule has 3 aromatic rings. The van der Waals surface area contributed by atoms with Crippen LogP contribution in [-0.2, 0) is 18.4 Å². The molecule has 0 bridgehead atoms. The van der Waals surface area contributed by atoms with Gasteiger partial charge in [0.15, 0.2) is 0 Å². The Morgan fingerprint density at radius 1 is 1.21 bits per heavy atom. The van der Waals surface area contributed by atoms with Gasteiger partial charge in [-0.25, -0.2) is 4.79 Å². The van der Waals surface area contributed by atoms with Gasteiger partial charge in [-0.15, -0.1) is 0 Å². The van der Waals surface area contributed by atoms with Gasteiger partial charge >= 0.3 is 5.69 Å². The van der Waals surface area contributed by atoms with E-state index in [0.717, 1.165) is 30.0 Å². The monoisotopic (exact) mass is 461 g/mol. The number of ether oxygens (including phenoxy) is 2. The standard InChI is InChI=1S/C25H27N5O4/c1-28-22-14-23(34-12-10-31)17(15-26)13-18(22)24(27-25(28)32)30-9-11-33-16-19-20(5-4-6-21(19)30)29-7-2-3-8-29/h4-6,13-14,31H,2-3,7-12,16H2,1H3. The second kappa shape index (κ2) is 9.33. The molecular weight excluding hydrogens is 434 g/mol. The predicted octanol–water partition coefficient (Wildman–Crippen LogP) is 2.44. The van der Waals surface area contributed by atoms with Crippen LogP contribution in [0.4, 0.5) is 17.2 Å². The van der Waals surface area contributed by atoms with Crippen molar-refractivity contribution in [3.8, 4) is 11.8 Å². The van der Waals surface area contributed by atoms with Gasteiger partial charge in [-0.1, -0.05) is 6.07 Å². The van der Waals surface area contributed by atoms with Crippen molar-refractivity contribution < 1.29 is 14.6 Å². The van der Waals surface area contributed by atoms with Crippen molar-refractivity contribution in [1.82, 2.24) is 9.55 Å². The topological polar surface area (TPSA) is 104 Å². The fourth-order valence-electron chi connectivity index (χ4n) is 4.81. The Morgan fingerprint density at radius 3 is 2.76 bits per heavy atom. The molecule has 9 heteroatoms. The molecule has 3 heterocycles. The zero-order valence-corrected chi connectivity index (χ0v) is 19.2. The van der Waals surface area contributed by atoms with Crippen molar-refractivity contribution in [3.63, 3.8) is 0 Å². The molecule has 0 spiro atoms. The number of aliphatic hydroxyl groups is 1. The van der Waals surface area contributed by atoms with Gasteiger partial charge in [0.1, 0.15) is 24.2 Å². The van der Waals surface area contributed by atoms with Crippen LogP contribution in [0.1, 0.15) is 24.0 Å². The van der Waals surface area contributed by atoms with Gasteiger partial charge in [0.2, 0.25) is 0 Å². The van der Waals surface area contributed by atoms with Crippen LogP contribution in [0.2, 0.25) is 0 Å². The van der Waals surface area contributed by atoms with Gasteiger partial charge in [-0.2, -0.15) is 10.2 Å². The first kappa shape index (κ1) is 22.2. The molecule has 1 saturated heterocycles. The van der Waals surface area contributed by atoms with Crippen molar-refractivity contribution >= 4 is 28.1 Å². The summed E-state index contributed by atoms with van der Waals surface area (Å²) in [4.78, 5) is 21.7. The smallest absolute Gasteiger partial charge is 0.349 e. The van der Waals surface area contributed by atoms with Crippen LogP contribution in [-0.4, -0.2) is 54.1 Å². The van der Waals surface area contributed by atoms with E-state index in [1.54, 1.807) is 19.2 Å². The highest BCUT2D eigenvalue weighted by Crippen LogP contribution is 2.39. The Hall–Kier alpha value is -3.61. The first-order chi connectivity index (χ1) is 16.6. The fraction of sp³-hybridized carbons (Fsp3) is 0.400. The van der Waals surface area contributed by atoms with Crippen LogP contribution in [0.5, 0.6) is 5.75 Å². The number of aryl methyl sites for hydroxylation is 1. The molecule has 0 aliphatic carbocycles. The summed E-state index contributed by atoms with van der Waals surface area (Å²) in [7, 11) is 1.65. The summed E-state index contributed by atoms with van der Waals surface area (Å²) < 4.78 is 13.0. The molecule has 0 radical (unpaired) electrons. The lowest BCUT2D eigenvalue weighted by Crippen LogP contribution is -2.28. The number of aromatic nitrogens is 2. The fourth-order valence-corrected chi connectivity index (χ4v) is 4.81. The van der Waals surface area contributed by atoms with E-state index in [-0.39, 0.29) is 13.2 Å². The summed E-state index contributed by atoms with van der Waals surface area (Å²) >= 11 is 0. The highest BCUT2D eigenvalue weighted by atomic mass is 16.5. The van der Waals surface area contributed by atoms with Crippen LogP contribution in [0.3, 0.4) is 0 Å². The largest absolute Gasteiger partial charge is 0.490 e. The maximum atomic E-state index is 12.9. The number of anilines is 3. The van der Waals surface area contributed by atoms with Gasteiger partial charge in [0, 0.05) is 49.4 Å². The molecule has 0 saturated carbocycles. The number of benzene rings is 2. The zero-order chi connectivity index (χ0) is 23.7. The number of rotatable bonds is 5. The molecule has 34 heavy (non-hydrogen) atoms. The third-order valence-corrected chi connectivity index (χ3v) is 6.48. The lowest BCUT2D eigenvalue weighted by molar-refractivity contribution is 0.133. The summed E-state index contributed by atoms with van der Waals surface area (Å²) in [5.74, 6) is 0.820. The molecule has 9 nitrogen and oxygen atoms in total. The van der Waals surface area contributed by atoms with Crippen LogP contribution >= 0.6 is 0 Å². The van der Waals surface area contributed by atoms with Crippen molar-refractivity contribution in [2.75, 3.05) is 49.3 Å². The zero-order valence-electron chi connectivity index (χ0n) is 19.2. The van der Waals surface area contributed by atoms with E-state index in [9.17, 15) is 10.1 Å². The minimum atomic E-state index is -0.400.